The maximum absolute atomic E-state index is 9.03. The average Bonchev–Trinajstić information content (AvgIpc) is 2.61. The van der Waals surface area contributed by atoms with Crippen molar-refractivity contribution in [3.8, 4) is 0 Å². The number of rotatable bonds is 9. The average molecular weight is 374 g/mol. The summed E-state index contributed by atoms with van der Waals surface area (Å²) in [5.74, 6) is 0. The summed E-state index contributed by atoms with van der Waals surface area (Å²) in [6.45, 7) is 0.735. The molecule has 2 rings (SSSR count). The quantitative estimate of drug-likeness (QED) is 0.212. The SMILES string of the molecule is COCCC[C@H]([Se]c1ccccc1)[C@H](N=[N+]=[N-])c1ccccc1. The number of nitrogens with zero attached hydrogens (tertiary/aromatic N) is 3. The second-order valence-corrected chi connectivity index (χ2v) is 7.92. The van der Waals surface area contributed by atoms with Gasteiger partial charge in [-0.15, -0.1) is 0 Å². The van der Waals surface area contributed by atoms with E-state index in [-0.39, 0.29) is 21.0 Å². The van der Waals surface area contributed by atoms with Crippen molar-refractivity contribution in [3.63, 3.8) is 0 Å². The van der Waals surface area contributed by atoms with Gasteiger partial charge in [0.15, 0.2) is 0 Å². The summed E-state index contributed by atoms with van der Waals surface area (Å²) in [5, 5.41) is 4.12. The molecule has 0 N–H and O–H groups in total. The van der Waals surface area contributed by atoms with Gasteiger partial charge in [0.25, 0.3) is 0 Å². The van der Waals surface area contributed by atoms with Crippen molar-refractivity contribution in [2.75, 3.05) is 13.7 Å². The first-order chi connectivity index (χ1) is 11.3. The van der Waals surface area contributed by atoms with Crippen molar-refractivity contribution >= 4 is 19.4 Å². The summed E-state index contributed by atoms with van der Waals surface area (Å²) in [7, 11) is 1.72. The molecule has 0 aliphatic carbocycles. The Morgan fingerprint density at radius 1 is 1.09 bits per heavy atom. The Labute approximate surface area is 143 Å². The minimum absolute atomic E-state index is 0.127. The summed E-state index contributed by atoms with van der Waals surface area (Å²) < 4.78 is 6.52. The van der Waals surface area contributed by atoms with Crippen LogP contribution < -0.4 is 4.46 Å². The molecular formula is C18H21N3OSe. The molecule has 0 heterocycles. The first-order valence-electron chi connectivity index (χ1n) is 7.65. The minimum atomic E-state index is -0.127. The molecule has 0 fully saturated rings. The van der Waals surface area contributed by atoms with Crippen LogP contribution in [0.2, 0.25) is 4.82 Å². The van der Waals surface area contributed by atoms with Crippen LogP contribution in [0.5, 0.6) is 0 Å². The summed E-state index contributed by atoms with van der Waals surface area (Å²) >= 11 is 0.240. The van der Waals surface area contributed by atoms with Gasteiger partial charge in [0.2, 0.25) is 0 Å². The molecule has 0 radical (unpaired) electrons. The Bertz CT molecular complexity index is 615. The van der Waals surface area contributed by atoms with Crippen LogP contribution in [-0.4, -0.2) is 28.7 Å². The molecule has 0 spiro atoms. The number of azide groups is 1. The summed E-state index contributed by atoms with van der Waals surface area (Å²) in [6.07, 6.45) is 1.96. The molecule has 4 nitrogen and oxygen atoms in total. The van der Waals surface area contributed by atoms with Crippen molar-refractivity contribution in [1.82, 2.24) is 0 Å². The maximum atomic E-state index is 9.03. The van der Waals surface area contributed by atoms with E-state index in [1.807, 2.05) is 36.4 Å². The molecule has 0 aliphatic rings. The van der Waals surface area contributed by atoms with E-state index in [2.05, 4.69) is 34.3 Å². The molecule has 2 atom stereocenters. The van der Waals surface area contributed by atoms with Crippen LogP contribution in [0.25, 0.3) is 10.4 Å². The van der Waals surface area contributed by atoms with Crippen LogP contribution in [0, 0.1) is 0 Å². The fourth-order valence-corrected chi connectivity index (χ4v) is 5.15. The van der Waals surface area contributed by atoms with E-state index >= 15 is 0 Å². The molecule has 0 unspecified atom stereocenters. The van der Waals surface area contributed by atoms with Gasteiger partial charge in [-0.05, 0) is 0 Å². The molecule has 0 aromatic heterocycles. The first kappa shape index (κ1) is 17.6. The summed E-state index contributed by atoms with van der Waals surface area (Å²) in [4.78, 5) is 3.42. The molecule has 2 aromatic carbocycles. The van der Waals surface area contributed by atoms with Gasteiger partial charge in [0, 0.05) is 0 Å². The molecule has 5 heteroatoms. The van der Waals surface area contributed by atoms with Crippen LogP contribution >= 0.6 is 0 Å². The van der Waals surface area contributed by atoms with Gasteiger partial charge >= 0.3 is 143 Å². The normalized spacial score (nSPS) is 13.1. The third-order valence-corrected chi connectivity index (χ3v) is 6.35. The van der Waals surface area contributed by atoms with E-state index in [4.69, 9.17) is 10.3 Å². The summed E-state index contributed by atoms with van der Waals surface area (Å²) in [5.41, 5.74) is 10.1. The zero-order valence-electron chi connectivity index (χ0n) is 13.2. The number of methoxy groups -OCH3 is 1. The molecular weight excluding hydrogens is 353 g/mol. The van der Waals surface area contributed by atoms with Crippen LogP contribution in [0.4, 0.5) is 0 Å². The molecule has 23 heavy (non-hydrogen) atoms. The van der Waals surface area contributed by atoms with Crippen molar-refractivity contribution in [3.05, 3.63) is 76.7 Å². The van der Waals surface area contributed by atoms with Gasteiger partial charge in [-0.25, -0.2) is 0 Å². The van der Waals surface area contributed by atoms with Crippen LogP contribution in [-0.2, 0) is 4.74 Å². The third kappa shape index (κ3) is 5.74. The van der Waals surface area contributed by atoms with E-state index in [1.54, 1.807) is 7.11 Å². The predicted molar refractivity (Wildman–Crippen MR) is 95.0 cm³/mol. The van der Waals surface area contributed by atoms with Crippen molar-refractivity contribution in [2.24, 2.45) is 5.11 Å². The van der Waals surface area contributed by atoms with Gasteiger partial charge in [0.05, 0.1) is 0 Å². The summed E-state index contributed by atoms with van der Waals surface area (Å²) in [6, 6.07) is 20.4. The Kier molecular flexibility index (Phi) is 7.71. The monoisotopic (exact) mass is 375 g/mol. The molecule has 0 amide bonds. The fourth-order valence-electron chi connectivity index (χ4n) is 2.45. The van der Waals surface area contributed by atoms with Crippen molar-refractivity contribution in [1.29, 1.82) is 0 Å². The topological polar surface area (TPSA) is 58.0 Å². The Hall–Kier alpha value is -1.77. The third-order valence-electron chi connectivity index (χ3n) is 3.54. The molecule has 0 saturated carbocycles. The van der Waals surface area contributed by atoms with Crippen LogP contribution in [0.15, 0.2) is 65.8 Å². The molecule has 0 bridgehead atoms. The fraction of sp³-hybridized carbons (Fsp3) is 0.333. The Balaban J connectivity index is 2.23. The first-order valence-corrected chi connectivity index (χ1v) is 9.49. The molecule has 0 aliphatic heterocycles. The predicted octanol–water partition coefficient (Wildman–Crippen LogP) is 4.28. The molecule has 2 aromatic rings. The van der Waals surface area contributed by atoms with Crippen molar-refractivity contribution in [2.45, 2.75) is 23.7 Å². The Morgan fingerprint density at radius 2 is 1.74 bits per heavy atom. The van der Waals surface area contributed by atoms with Gasteiger partial charge in [-0.2, -0.15) is 0 Å². The second-order valence-electron chi connectivity index (χ2n) is 5.16. The van der Waals surface area contributed by atoms with E-state index in [9.17, 15) is 0 Å². The second kappa shape index (κ2) is 10.1. The van der Waals surface area contributed by atoms with Gasteiger partial charge in [0.1, 0.15) is 0 Å². The van der Waals surface area contributed by atoms with E-state index in [1.165, 1.54) is 4.46 Å². The Morgan fingerprint density at radius 3 is 2.35 bits per heavy atom. The standard InChI is InChI=1S/C18H21N3OSe/c1-22-14-8-13-17(23-16-11-6-3-7-12-16)18(20-21-19)15-9-4-2-5-10-15/h2-7,9-12,17-18H,8,13-14H2,1H3/t17-,18+/m0/s1. The molecule has 120 valence electrons. The zero-order valence-corrected chi connectivity index (χ0v) is 14.9. The number of hydrogen-bond acceptors (Lipinski definition) is 2. The number of hydrogen-bond donors (Lipinski definition) is 0. The van der Waals surface area contributed by atoms with Crippen LogP contribution in [0.3, 0.4) is 0 Å². The van der Waals surface area contributed by atoms with E-state index in [0.717, 1.165) is 25.0 Å². The zero-order chi connectivity index (χ0) is 16.3. The number of ether oxygens (including phenoxy) is 1. The van der Waals surface area contributed by atoms with Crippen LogP contribution in [0.1, 0.15) is 24.4 Å². The van der Waals surface area contributed by atoms with Crippen molar-refractivity contribution < 1.29 is 4.74 Å². The number of benzene rings is 2. The van der Waals surface area contributed by atoms with Gasteiger partial charge in [-0.1, -0.05) is 0 Å². The van der Waals surface area contributed by atoms with Gasteiger partial charge in [-0.3, -0.25) is 0 Å². The van der Waals surface area contributed by atoms with Gasteiger partial charge < -0.3 is 0 Å². The van der Waals surface area contributed by atoms with E-state index in [0.29, 0.717) is 4.82 Å². The molecule has 0 saturated heterocycles. The van der Waals surface area contributed by atoms with E-state index < -0.39 is 0 Å².